The number of hydrogen-bond acceptors (Lipinski definition) is 3. The maximum atomic E-state index is 12.5. The van der Waals surface area contributed by atoms with E-state index in [1.165, 1.54) is 0 Å². The van der Waals surface area contributed by atoms with E-state index in [-0.39, 0.29) is 11.4 Å². The molecule has 0 aromatic heterocycles. The van der Waals surface area contributed by atoms with E-state index in [9.17, 15) is 4.79 Å². The van der Waals surface area contributed by atoms with Crippen molar-refractivity contribution in [1.29, 1.82) is 0 Å². The summed E-state index contributed by atoms with van der Waals surface area (Å²) in [6, 6.07) is 6.14. The van der Waals surface area contributed by atoms with Gasteiger partial charge in [0.15, 0.2) is 0 Å². The first-order valence-corrected chi connectivity index (χ1v) is 8.80. The van der Waals surface area contributed by atoms with Gasteiger partial charge in [0.1, 0.15) is 5.75 Å². The molecule has 1 aromatic rings. The molecule has 0 saturated heterocycles. The molecule has 3 nitrogen and oxygen atoms in total. The van der Waals surface area contributed by atoms with E-state index in [4.69, 9.17) is 9.47 Å². The van der Waals surface area contributed by atoms with Crippen molar-refractivity contribution >= 4 is 5.97 Å². The van der Waals surface area contributed by atoms with E-state index in [2.05, 4.69) is 39.1 Å². The van der Waals surface area contributed by atoms with Gasteiger partial charge in [-0.3, -0.25) is 4.79 Å². The van der Waals surface area contributed by atoms with Gasteiger partial charge in [-0.05, 0) is 49.3 Å². The van der Waals surface area contributed by atoms with Crippen molar-refractivity contribution in [3.8, 4) is 5.75 Å². The number of allylic oxidation sites excluding steroid dienone is 2. The van der Waals surface area contributed by atoms with E-state index in [0.29, 0.717) is 19.4 Å². The van der Waals surface area contributed by atoms with Crippen LogP contribution in [0.2, 0.25) is 0 Å². The maximum absolute atomic E-state index is 12.5. The van der Waals surface area contributed by atoms with Gasteiger partial charge >= 0.3 is 5.97 Å². The van der Waals surface area contributed by atoms with E-state index < -0.39 is 5.41 Å². The average molecular weight is 344 g/mol. The van der Waals surface area contributed by atoms with Crippen LogP contribution in [-0.2, 0) is 14.9 Å². The molecule has 1 rings (SSSR count). The molecule has 0 spiro atoms. The van der Waals surface area contributed by atoms with Crippen LogP contribution in [0.5, 0.6) is 5.75 Å². The Morgan fingerprint density at radius 2 is 1.84 bits per heavy atom. The summed E-state index contributed by atoms with van der Waals surface area (Å²) in [5, 5.41) is 0. The van der Waals surface area contributed by atoms with Gasteiger partial charge in [-0.2, -0.15) is 0 Å². The summed E-state index contributed by atoms with van der Waals surface area (Å²) in [5.41, 5.74) is 1.53. The van der Waals surface area contributed by atoms with Crippen LogP contribution in [0.25, 0.3) is 0 Å². The minimum atomic E-state index is -0.424. The minimum Gasteiger partial charge on any atom is -0.496 e. The van der Waals surface area contributed by atoms with Crippen LogP contribution in [0, 0.1) is 12.3 Å². The lowest BCUT2D eigenvalue weighted by atomic mass is 9.57. The molecule has 0 aliphatic rings. The highest BCUT2D eigenvalue weighted by Crippen LogP contribution is 2.50. The molecule has 1 aromatic carbocycles. The van der Waals surface area contributed by atoms with Gasteiger partial charge in [0.2, 0.25) is 0 Å². The van der Waals surface area contributed by atoms with Crippen molar-refractivity contribution < 1.29 is 14.3 Å². The van der Waals surface area contributed by atoms with Crippen molar-refractivity contribution in [3.63, 3.8) is 0 Å². The molecule has 0 bridgehead atoms. The normalized spacial score (nSPS) is 13.6. The molecule has 0 N–H and O–H groups in total. The highest BCUT2D eigenvalue weighted by Gasteiger charge is 2.46. The topological polar surface area (TPSA) is 35.5 Å². The Labute approximate surface area is 152 Å². The number of benzene rings is 1. The fourth-order valence-corrected chi connectivity index (χ4v) is 3.64. The number of ether oxygens (including phenoxy) is 2. The monoisotopic (exact) mass is 344 g/mol. The first-order chi connectivity index (χ1) is 11.8. The zero-order valence-electron chi connectivity index (χ0n) is 16.4. The molecular formula is C22H32O3. The van der Waals surface area contributed by atoms with Crippen LogP contribution >= 0.6 is 0 Å². The summed E-state index contributed by atoms with van der Waals surface area (Å²) < 4.78 is 10.7. The third-order valence-electron chi connectivity index (χ3n) is 5.14. The lowest BCUT2D eigenvalue weighted by molar-refractivity contribution is -0.146. The molecule has 0 aliphatic carbocycles. The third kappa shape index (κ3) is 4.53. The Balaban J connectivity index is 3.56. The van der Waals surface area contributed by atoms with Gasteiger partial charge in [0.25, 0.3) is 0 Å². The van der Waals surface area contributed by atoms with Crippen molar-refractivity contribution in [2.24, 2.45) is 5.41 Å². The van der Waals surface area contributed by atoms with Crippen LogP contribution in [-0.4, -0.2) is 19.7 Å². The van der Waals surface area contributed by atoms with Crippen LogP contribution in [0.15, 0.2) is 43.5 Å². The minimum absolute atomic E-state index is 0.185. The molecule has 1 atom stereocenters. The van der Waals surface area contributed by atoms with Crippen LogP contribution in [0.3, 0.4) is 0 Å². The quantitative estimate of drug-likeness (QED) is 0.423. The molecule has 0 saturated carbocycles. The Bertz CT molecular complexity index is 616. The highest BCUT2D eigenvalue weighted by atomic mass is 16.5. The number of methoxy groups -OCH3 is 1. The molecule has 25 heavy (non-hydrogen) atoms. The smallest absolute Gasteiger partial charge is 0.306 e. The van der Waals surface area contributed by atoms with Gasteiger partial charge in [0, 0.05) is 5.41 Å². The van der Waals surface area contributed by atoms with Crippen molar-refractivity contribution in [2.45, 2.75) is 52.4 Å². The van der Waals surface area contributed by atoms with Gasteiger partial charge in [-0.15, -0.1) is 13.2 Å². The highest BCUT2D eigenvalue weighted by molar-refractivity contribution is 5.72. The Morgan fingerprint density at radius 1 is 1.20 bits per heavy atom. The molecule has 0 amide bonds. The summed E-state index contributed by atoms with van der Waals surface area (Å²) >= 11 is 0. The van der Waals surface area contributed by atoms with Crippen molar-refractivity contribution in [3.05, 3.63) is 54.6 Å². The van der Waals surface area contributed by atoms with E-state index in [0.717, 1.165) is 23.3 Å². The largest absolute Gasteiger partial charge is 0.496 e. The van der Waals surface area contributed by atoms with E-state index in [1.54, 1.807) is 7.11 Å². The van der Waals surface area contributed by atoms with E-state index >= 15 is 0 Å². The number of esters is 1. The summed E-state index contributed by atoms with van der Waals surface area (Å²) in [7, 11) is 1.67. The second-order valence-corrected chi connectivity index (χ2v) is 7.12. The molecule has 0 heterocycles. The molecule has 0 aliphatic heterocycles. The Hall–Kier alpha value is -2.03. The summed E-state index contributed by atoms with van der Waals surface area (Å²) in [6.45, 7) is 16.5. The van der Waals surface area contributed by atoms with Crippen LogP contribution in [0.4, 0.5) is 0 Å². The Kier molecular flexibility index (Phi) is 7.47. The van der Waals surface area contributed by atoms with Crippen molar-refractivity contribution in [2.75, 3.05) is 13.7 Å². The summed E-state index contributed by atoms with van der Waals surface area (Å²) in [4.78, 5) is 12.5. The fourth-order valence-electron chi connectivity index (χ4n) is 3.64. The average Bonchev–Trinajstić information content (AvgIpc) is 2.54. The number of hydrogen-bond donors (Lipinski definition) is 0. The maximum Gasteiger partial charge on any atom is 0.306 e. The third-order valence-corrected chi connectivity index (χ3v) is 5.14. The summed E-state index contributed by atoms with van der Waals surface area (Å²) in [6.07, 6.45) is 5.58. The van der Waals surface area contributed by atoms with Gasteiger partial charge in [0.05, 0.1) is 20.1 Å². The molecule has 3 heteroatoms. The first kappa shape index (κ1) is 21.0. The molecule has 0 fully saturated rings. The zero-order valence-corrected chi connectivity index (χ0v) is 16.4. The first-order valence-electron chi connectivity index (χ1n) is 8.80. The van der Waals surface area contributed by atoms with Crippen molar-refractivity contribution in [1.82, 2.24) is 0 Å². The second kappa shape index (κ2) is 8.89. The lowest BCUT2D eigenvalue weighted by Crippen LogP contribution is -2.44. The molecular weight excluding hydrogens is 312 g/mol. The SMILES string of the molecule is C=CCC(C)(C)[C@@](CC=C)(CC(=O)OCC)c1ccc(OC)c(C)c1. The second-order valence-electron chi connectivity index (χ2n) is 7.12. The number of aryl methyl sites for hydroxylation is 1. The van der Waals surface area contributed by atoms with Crippen LogP contribution in [0.1, 0.15) is 51.2 Å². The predicted molar refractivity (Wildman–Crippen MR) is 104 cm³/mol. The molecule has 0 radical (unpaired) electrons. The number of carbonyl (C=O) groups excluding carboxylic acids is 1. The van der Waals surface area contributed by atoms with Gasteiger partial charge in [-0.25, -0.2) is 0 Å². The lowest BCUT2D eigenvalue weighted by Gasteiger charge is -2.46. The molecule has 138 valence electrons. The predicted octanol–water partition coefficient (Wildman–Crippen LogP) is 5.37. The molecule has 0 unspecified atom stereocenters. The van der Waals surface area contributed by atoms with E-state index in [1.807, 2.05) is 32.1 Å². The van der Waals surface area contributed by atoms with Gasteiger partial charge in [-0.1, -0.05) is 38.1 Å². The Morgan fingerprint density at radius 3 is 2.32 bits per heavy atom. The standard InChI is InChI=1S/C22H32O3/c1-8-13-21(5,6)22(14-9-2,16-20(23)25-10-3)18-11-12-19(24-7)17(4)15-18/h8-9,11-12,15H,1-2,10,13-14,16H2,3-7H3/t22-/m0/s1. The zero-order chi connectivity index (χ0) is 19.1. The number of carbonyl (C=O) groups is 1. The van der Waals surface area contributed by atoms with Gasteiger partial charge < -0.3 is 9.47 Å². The van der Waals surface area contributed by atoms with Crippen LogP contribution < -0.4 is 4.74 Å². The summed E-state index contributed by atoms with van der Waals surface area (Å²) in [5.74, 6) is 0.656. The fraction of sp³-hybridized carbons (Fsp3) is 0.500. The number of rotatable bonds is 10.